The van der Waals surface area contributed by atoms with E-state index in [4.69, 9.17) is 0 Å². The van der Waals surface area contributed by atoms with E-state index in [0.29, 0.717) is 12.1 Å². The van der Waals surface area contributed by atoms with Gasteiger partial charge in [0.15, 0.2) is 0 Å². The lowest BCUT2D eigenvalue weighted by Gasteiger charge is -2.11. The highest BCUT2D eigenvalue weighted by Gasteiger charge is 2.18. The Morgan fingerprint density at radius 2 is 2.19 bits per heavy atom. The topological polar surface area (TPSA) is 46.9 Å². The van der Waals surface area contributed by atoms with Crippen molar-refractivity contribution in [3.63, 3.8) is 0 Å². The smallest absolute Gasteiger partial charge is 0.251 e. The number of hydrogen-bond acceptors (Lipinski definition) is 2. The molecule has 1 amide bonds. The Balaban J connectivity index is 1.70. The maximum absolute atomic E-state index is 12.2. The number of aromatic nitrogens is 2. The van der Waals surface area contributed by atoms with Crippen molar-refractivity contribution in [1.82, 2.24) is 14.9 Å². The number of rotatable bonds is 3. The monoisotopic (exact) mass is 347 g/mol. The number of carbonyl (C=O) groups excluding carboxylic acids is 1. The summed E-state index contributed by atoms with van der Waals surface area (Å²) in [6, 6.07) is 7.39. The van der Waals surface area contributed by atoms with Crippen molar-refractivity contribution in [2.24, 2.45) is 7.05 Å². The van der Waals surface area contributed by atoms with E-state index >= 15 is 0 Å². The minimum Gasteiger partial charge on any atom is -0.345 e. The normalized spacial score (nSPS) is 13.8. The molecule has 1 heterocycles. The lowest BCUT2D eigenvalue weighted by Crippen LogP contribution is -2.24. The summed E-state index contributed by atoms with van der Waals surface area (Å²) in [5.74, 6) is 0.863. The molecule has 1 aromatic heterocycles. The maximum Gasteiger partial charge on any atom is 0.251 e. The highest BCUT2D eigenvalue weighted by Crippen LogP contribution is 2.21. The number of nitrogens with zero attached hydrogens (tertiary/aromatic N) is 2. The standard InChI is InChI=1S/C16H18BrN3O/c1-20-14-8-3-2-7-13(14)19-15(20)10-18-16(21)11-5-4-6-12(17)9-11/h4-6,9H,2-3,7-8,10H2,1H3,(H,18,21). The van der Waals surface area contributed by atoms with Crippen molar-refractivity contribution >= 4 is 21.8 Å². The average Bonchev–Trinajstić information content (AvgIpc) is 2.82. The maximum atomic E-state index is 12.2. The number of carbonyl (C=O) groups is 1. The van der Waals surface area contributed by atoms with Gasteiger partial charge in [0.2, 0.25) is 0 Å². The molecule has 0 saturated heterocycles. The fraction of sp³-hybridized carbons (Fsp3) is 0.375. The predicted molar refractivity (Wildman–Crippen MR) is 85.2 cm³/mol. The van der Waals surface area contributed by atoms with Crippen LogP contribution >= 0.6 is 15.9 Å². The summed E-state index contributed by atoms with van der Waals surface area (Å²) in [7, 11) is 2.04. The van der Waals surface area contributed by atoms with Crippen LogP contribution in [-0.4, -0.2) is 15.5 Å². The molecule has 110 valence electrons. The average molecular weight is 348 g/mol. The molecule has 1 aliphatic carbocycles. The Hall–Kier alpha value is -1.62. The first-order chi connectivity index (χ1) is 10.1. The first kappa shape index (κ1) is 14.3. The van der Waals surface area contributed by atoms with Gasteiger partial charge in [-0.05, 0) is 43.9 Å². The zero-order chi connectivity index (χ0) is 14.8. The molecule has 5 heteroatoms. The number of amides is 1. The van der Waals surface area contributed by atoms with Crippen LogP contribution in [0.4, 0.5) is 0 Å². The van der Waals surface area contributed by atoms with Crippen molar-refractivity contribution < 1.29 is 4.79 Å². The van der Waals surface area contributed by atoms with Gasteiger partial charge in [-0.3, -0.25) is 4.79 Å². The van der Waals surface area contributed by atoms with E-state index in [1.807, 2.05) is 31.3 Å². The number of imidazole rings is 1. The molecule has 1 aliphatic rings. The number of aryl methyl sites for hydroxylation is 1. The summed E-state index contributed by atoms with van der Waals surface area (Å²) < 4.78 is 3.04. The zero-order valence-electron chi connectivity index (χ0n) is 12.0. The second-order valence-corrected chi connectivity index (χ2v) is 6.30. The van der Waals surface area contributed by atoms with Gasteiger partial charge in [0.25, 0.3) is 5.91 Å². The highest BCUT2D eigenvalue weighted by molar-refractivity contribution is 9.10. The largest absolute Gasteiger partial charge is 0.345 e. The summed E-state index contributed by atoms with van der Waals surface area (Å²) in [4.78, 5) is 16.8. The van der Waals surface area contributed by atoms with Crippen LogP contribution in [0.15, 0.2) is 28.7 Å². The fourth-order valence-corrected chi connectivity index (χ4v) is 3.19. The molecule has 0 radical (unpaired) electrons. The number of nitrogens with one attached hydrogen (secondary N) is 1. The van der Waals surface area contributed by atoms with E-state index in [9.17, 15) is 4.79 Å². The predicted octanol–water partition coefficient (Wildman–Crippen LogP) is 2.99. The minimum atomic E-state index is -0.0720. The van der Waals surface area contributed by atoms with Crippen LogP contribution in [0.3, 0.4) is 0 Å². The van der Waals surface area contributed by atoms with E-state index in [-0.39, 0.29) is 5.91 Å². The fourth-order valence-electron chi connectivity index (χ4n) is 2.79. The first-order valence-electron chi connectivity index (χ1n) is 7.22. The third-order valence-electron chi connectivity index (χ3n) is 3.96. The van der Waals surface area contributed by atoms with Gasteiger partial charge in [-0.1, -0.05) is 22.0 Å². The Morgan fingerprint density at radius 1 is 1.38 bits per heavy atom. The molecule has 1 aromatic carbocycles. The summed E-state index contributed by atoms with van der Waals surface area (Å²) in [5, 5.41) is 2.95. The van der Waals surface area contributed by atoms with Crippen molar-refractivity contribution in [3.05, 3.63) is 51.5 Å². The molecule has 2 aromatic rings. The SMILES string of the molecule is Cn1c(CNC(=O)c2cccc(Br)c2)nc2c1CCCC2. The molecule has 0 atom stereocenters. The highest BCUT2D eigenvalue weighted by atomic mass is 79.9. The first-order valence-corrected chi connectivity index (χ1v) is 8.01. The van der Waals surface area contributed by atoms with E-state index in [2.05, 4.69) is 30.8 Å². The van der Waals surface area contributed by atoms with Crippen molar-refractivity contribution in [1.29, 1.82) is 0 Å². The second kappa shape index (κ2) is 6.02. The number of benzene rings is 1. The van der Waals surface area contributed by atoms with Crippen LogP contribution in [0.2, 0.25) is 0 Å². The zero-order valence-corrected chi connectivity index (χ0v) is 13.6. The molecule has 0 aliphatic heterocycles. The molecule has 0 unspecified atom stereocenters. The molecular weight excluding hydrogens is 330 g/mol. The van der Waals surface area contributed by atoms with Gasteiger partial charge < -0.3 is 9.88 Å². The summed E-state index contributed by atoms with van der Waals surface area (Å²) >= 11 is 3.38. The van der Waals surface area contributed by atoms with E-state index < -0.39 is 0 Å². The Kier molecular flexibility index (Phi) is 4.10. The Morgan fingerprint density at radius 3 is 2.95 bits per heavy atom. The summed E-state index contributed by atoms with van der Waals surface area (Å²) in [6.45, 7) is 0.467. The number of hydrogen-bond donors (Lipinski definition) is 1. The van der Waals surface area contributed by atoms with Gasteiger partial charge in [0.1, 0.15) is 5.82 Å². The third kappa shape index (κ3) is 3.02. The van der Waals surface area contributed by atoms with Gasteiger partial charge >= 0.3 is 0 Å². The molecule has 0 saturated carbocycles. The van der Waals surface area contributed by atoms with Gasteiger partial charge in [0, 0.05) is 22.8 Å². The molecule has 1 N–H and O–H groups in total. The molecule has 0 bridgehead atoms. The van der Waals surface area contributed by atoms with Crippen molar-refractivity contribution in [2.75, 3.05) is 0 Å². The van der Waals surface area contributed by atoms with Crippen LogP contribution in [0, 0.1) is 0 Å². The Labute approximate surface area is 132 Å². The van der Waals surface area contributed by atoms with Crippen LogP contribution in [-0.2, 0) is 26.4 Å². The molecule has 0 spiro atoms. The third-order valence-corrected chi connectivity index (χ3v) is 4.45. The van der Waals surface area contributed by atoms with Crippen LogP contribution < -0.4 is 5.32 Å². The van der Waals surface area contributed by atoms with Gasteiger partial charge in [-0.2, -0.15) is 0 Å². The number of halogens is 1. The van der Waals surface area contributed by atoms with Crippen LogP contribution in [0.25, 0.3) is 0 Å². The van der Waals surface area contributed by atoms with Gasteiger partial charge in [-0.15, -0.1) is 0 Å². The molecule has 0 fully saturated rings. The molecule has 4 nitrogen and oxygen atoms in total. The lowest BCUT2D eigenvalue weighted by atomic mass is 10.0. The van der Waals surface area contributed by atoms with E-state index in [1.54, 1.807) is 0 Å². The van der Waals surface area contributed by atoms with Crippen molar-refractivity contribution in [3.8, 4) is 0 Å². The lowest BCUT2D eigenvalue weighted by molar-refractivity contribution is 0.0949. The molecule has 3 rings (SSSR count). The van der Waals surface area contributed by atoms with Gasteiger partial charge in [-0.25, -0.2) is 4.98 Å². The Bertz CT molecular complexity index is 678. The summed E-state index contributed by atoms with van der Waals surface area (Å²) in [5.41, 5.74) is 3.19. The minimum absolute atomic E-state index is 0.0720. The summed E-state index contributed by atoms with van der Waals surface area (Å²) in [6.07, 6.45) is 4.60. The second-order valence-electron chi connectivity index (χ2n) is 5.38. The van der Waals surface area contributed by atoms with Crippen molar-refractivity contribution in [2.45, 2.75) is 32.2 Å². The molecule has 21 heavy (non-hydrogen) atoms. The molecular formula is C16H18BrN3O. The van der Waals surface area contributed by atoms with Crippen LogP contribution in [0.5, 0.6) is 0 Å². The number of fused-ring (bicyclic) bond motifs is 1. The van der Waals surface area contributed by atoms with E-state index in [0.717, 1.165) is 23.1 Å². The van der Waals surface area contributed by atoms with Crippen LogP contribution in [0.1, 0.15) is 40.4 Å². The van der Waals surface area contributed by atoms with E-state index in [1.165, 1.54) is 24.2 Å². The quantitative estimate of drug-likeness (QED) is 0.927. The van der Waals surface area contributed by atoms with Gasteiger partial charge in [0.05, 0.1) is 12.2 Å².